The van der Waals surface area contributed by atoms with Gasteiger partial charge in [-0.1, -0.05) is 39.3 Å². The third kappa shape index (κ3) is 7.26. The highest BCUT2D eigenvalue weighted by atomic mass is 16.7. The summed E-state index contributed by atoms with van der Waals surface area (Å²) in [6.07, 6.45) is 0.298. The topological polar surface area (TPSA) is 116 Å². The Hall–Kier alpha value is -0.990. The van der Waals surface area contributed by atoms with Gasteiger partial charge in [0.2, 0.25) is 0 Å². The van der Waals surface area contributed by atoms with Crippen LogP contribution in [-0.4, -0.2) is 62.2 Å². The van der Waals surface area contributed by atoms with Crippen LogP contribution in [0.2, 0.25) is 0 Å². The molecule has 1 heterocycles. The first-order chi connectivity index (χ1) is 14.0. The Kier molecular flexibility index (Phi) is 9.73. The van der Waals surface area contributed by atoms with Crippen molar-refractivity contribution in [2.24, 2.45) is 23.7 Å². The van der Waals surface area contributed by atoms with E-state index < -0.39 is 47.7 Å². The summed E-state index contributed by atoms with van der Waals surface area (Å²) in [6, 6.07) is 0. The maximum atomic E-state index is 11.6. The molecule has 0 aliphatic carbocycles. The minimum absolute atomic E-state index is 0.198. The molecule has 0 aromatic heterocycles. The minimum Gasteiger partial charge on any atom is -0.481 e. The normalized spacial score (nSPS) is 31.2. The molecule has 31 heavy (non-hydrogen) atoms. The Morgan fingerprint density at radius 2 is 1.74 bits per heavy atom. The predicted molar refractivity (Wildman–Crippen MR) is 119 cm³/mol. The lowest BCUT2D eigenvalue weighted by atomic mass is 9.77. The van der Waals surface area contributed by atoms with E-state index >= 15 is 0 Å². The molecule has 0 amide bonds. The average Bonchev–Trinajstić information content (AvgIpc) is 2.66. The molecule has 0 saturated carbocycles. The van der Waals surface area contributed by atoms with Crippen LogP contribution in [0.5, 0.6) is 0 Å². The molecule has 0 bridgehead atoms. The lowest BCUT2D eigenvalue weighted by Gasteiger charge is -2.50. The van der Waals surface area contributed by atoms with Crippen LogP contribution in [0, 0.1) is 23.7 Å². The highest BCUT2D eigenvalue weighted by Crippen LogP contribution is 2.40. The SMILES string of the molecule is CC[C@@H](O)[C@H](C)[C@H](O)[C@@H](C)/C=C(/C)C[C@@](C)(O)[C@@H]1OC(C)(C)O[C@H]([C@@H](C)C(=O)O)[C@@H]1C. The summed E-state index contributed by atoms with van der Waals surface area (Å²) < 4.78 is 12.0. The van der Waals surface area contributed by atoms with E-state index in [9.17, 15) is 25.2 Å². The lowest BCUT2D eigenvalue weighted by Crippen LogP contribution is -2.60. The Labute approximate surface area is 187 Å². The highest BCUT2D eigenvalue weighted by Gasteiger charge is 2.51. The van der Waals surface area contributed by atoms with Crippen molar-refractivity contribution in [3.63, 3.8) is 0 Å². The Balaban J connectivity index is 3.02. The quantitative estimate of drug-likeness (QED) is 0.382. The fraction of sp³-hybridized carbons (Fsp3) is 0.875. The number of ether oxygens (including phenoxy) is 2. The van der Waals surface area contributed by atoms with Crippen molar-refractivity contribution < 1.29 is 34.7 Å². The monoisotopic (exact) mass is 444 g/mol. The third-order valence-corrected chi connectivity index (χ3v) is 6.61. The van der Waals surface area contributed by atoms with Gasteiger partial charge in [-0.05, 0) is 47.5 Å². The molecule has 7 heteroatoms. The smallest absolute Gasteiger partial charge is 0.308 e. The van der Waals surface area contributed by atoms with Crippen LogP contribution < -0.4 is 0 Å². The van der Waals surface area contributed by atoms with E-state index in [0.29, 0.717) is 12.8 Å². The molecule has 7 nitrogen and oxygen atoms in total. The number of hydrogen-bond acceptors (Lipinski definition) is 6. The standard InChI is InChI=1S/C24H44O7/c1-10-18(25)15(4)19(26)14(3)11-13(2)12-24(9,29)21-16(5)20(17(6)22(27)28)30-23(7,8)31-21/h11,14-21,25-26,29H,10,12H2,1-9H3,(H,27,28)/b13-11-/t14-,15-,16-,17+,18+,19+,20-,21+,24+/m0/s1. The summed E-state index contributed by atoms with van der Waals surface area (Å²) in [5.74, 6) is -3.52. The van der Waals surface area contributed by atoms with Crippen molar-refractivity contribution in [3.8, 4) is 0 Å². The first-order valence-electron chi connectivity index (χ1n) is 11.4. The van der Waals surface area contributed by atoms with Gasteiger partial charge in [0.05, 0.1) is 35.9 Å². The molecule has 1 aliphatic heterocycles. The van der Waals surface area contributed by atoms with Gasteiger partial charge in [-0.3, -0.25) is 4.79 Å². The molecule has 1 rings (SSSR count). The number of carbonyl (C=O) groups is 1. The van der Waals surface area contributed by atoms with Gasteiger partial charge in [0.15, 0.2) is 5.79 Å². The van der Waals surface area contributed by atoms with Crippen LogP contribution in [0.1, 0.15) is 75.2 Å². The van der Waals surface area contributed by atoms with Crippen LogP contribution in [0.15, 0.2) is 11.6 Å². The first kappa shape index (κ1) is 28.0. The summed E-state index contributed by atoms with van der Waals surface area (Å²) in [6.45, 7) is 16.1. The van der Waals surface area contributed by atoms with Crippen molar-refractivity contribution in [3.05, 3.63) is 11.6 Å². The largest absolute Gasteiger partial charge is 0.481 e. The zero-order valence-electron chi connectivity index (χ0n) is 20.6. The van der Waals surface area contributed by atoms with E-state index in [1.807, 2.05) is 40.7 Å². The van der Waals surface area contributed by atoms with E-state index in [2.05, 4.69) is 0 Å². The highest BCUT2D eigenvalue weighted by molar-refractivity contribution is 5.70. The van der Waals surface area contributed by atoms with Gasteiger partial charge in [0.25, 0.3) is 0 Å². The van der Waals surface area contributed by atoms with Gasteiger partial charge >= 0.3 is 5.97 Å². The van der Waals surface area contributed by atoms with Gasteiger partial charge in [0.1, 0.15) is 0 Å². The molecule has 1 saturated heterocycles. The lowest BCUT2D eigenvalue weighted by molar-refractivity contribution is -0.349. The second-order valence-electron chi connectivity index (χ2n) is 10.2. The van der Waals surface area contributed by atoms with Crippen molar-refractivity contribution in [1.29, 1.82) is 0 Å². The fourth-order valence-electron chi connectivity index (χ4n) is 4.79. The molecule has 0 spiro atoms. The van der Waals surface area contributed by atoms with Crippen molar-refractivity contribution in [2.75, 3.05) is 0 Å². The number of rotatable bonds is 10. The molecule has 0 radical (unpaired) electrons. The number of carboxylic acids is 1. The van der Waals surface area contributed by atoms with Crippen molar-refractivity contribution >= 4 is 5.97 Å². The molecule has 182 valence electrons. The maximum Gasteiger partial charge on any atom is 0.308 e. The Morgan fingerprint density at radius 1 is 1.19 bits per heavy atom. The van der Waals surface area contributed by atoms with E-state index in [-0.39, 0.29) is 17.8 Å². The van der Waals surface area contributed by atoms with Gasteiger partial charge in [-0.15, -0.1) is 0 Å². The van der Waals surface area contributed by atoms with E-state index in [4.69, 9.17) is 9.47 Å². The molecule has 4 N–H and O–H groups in total. The van der Waals surface area contributed by atoms with Crippen molar-refractivity contribution in [2.45, 2.75) is 111 Å². The molecule has 0 aromatic rings. The van der Waals surface area contributed by atoms with E-state index in [1.165, 1.54) is 0 Å². The van der Waals surface area contributed by atoms with Crippen LogP contribution in [0.4, 0.5) is 0 Å². The van der Waals surface area contributed by atoms with Gasteiger partial charge in [0, 0.05) is 17.8 Å². The molecule has 1 aliphatic rings. The Bertz CT molecular complexity index is 627. The predicted octanol–water partition coefficient (Wildman–Crippen LogP) is 3.35. The van der Waals surface area contributed by atoms with Crippen LogP contribution in [0.3, 0.4) is 0 Å². The molecule has 0 unspecified atom stereocenters. The summed E-state index contributed by atoms with van der Waals surface area (Å²) in [5, 5.41) is 41.5. The molecule has 0 aromatic carbocycles. The first-order valence-corrected chi connectivity index (χ1v) is 11.4. The summed E-state index contributed by atoms with van der Waals surface area (Å²) >= 11 is 0. The molecular formula is C24H44O7. The minimum atomic E-state index is -1.27. The Morgan fingerprint density at radius 3 is 2.23 bits per heavy atom. The zero-order valence-corrected chi connectivity index (χ0v) is 20.6. The van der Waals surface area contributed by atoms with Gasteiger partial charge < -0.3 is 29.9 Å². The second kappa shape index (κ2) is 10.8. The number of aliphatic hydroxyl groups excluding tert-OH is 2. The number of hydrogen-bond donors (Lipinski definition) is 4. The molecular weight excluding hydrogens is 400 g/mol. The second-order valence-corrected chi connectivity index (χ2v) is 10.2. The third-order valence-electron chi connectivity index (χ3n) is 6.61. The molecule has 9 atom stereocenters. The van der Waals surface area contributed by atoms with Gasteiger partial charge in [-0.2, -0.15) is 0 Å². The fourth-order valence-corrected chi connectivity index (χ4v) is 4.79. The van der Waals surface area contributed by atoms with E-state index in [0.717, 1.165) is 5.57 Å². The summed E-state index contributed by atoms with van der Waals surface area (Å²) in [7, 11) is 0. The van der Waals surface area contributed by atoms with E-state index in [1.54, 1.807) is 27.7 Å². The van der Waals surface area contributed by atoms with Crippen LogP contribution in [-0.2, 0) is 14.3 Å². The zero-order chi connectivity index (χ0) is 24.3. The van der Waals surface area contributed by atoms with Crippen LogP contribution >= 0.6 is 0 Å². The number of aliphatic hydroxyl groups is 3. The summed E-state index contributed by atoms with van der Waals surface area (Å²) in [5.41, 5.74) is -0.380. The number of aliphatic carboxylic acids is 1. The maximum absolute atomic E-state index is 11.6. The van der Waals surface area contributed by atoms with Crippen molar-refractivity contribution in [1.82, 2.24) is 0 Å². The van der Waals surface area contributed by atoms with Gasteiger partial charge in [-0.25, -0.2) is 0 Å². The molecule has 1 fully saturated rings. The summed E-state index contributed by atoms with van der Waals surface area (Å²) in [4.78, 5) is 11.6. The number of carboxylic acid groups (broad SMARTS) is 1. The van der Waals surface area contributed by atoms with Crippen LogP contribution in [0.25, 0.3) is 0 Å². The average molecular weight is 445 g/mol.